The van der Waals surface area contributed by atoms with Gasteiger partial charge in [-0.1, -0.05) is 23.2 Å². The van der Waals surface area contributed by atoms with Gasteiger partial charge in [-0.05, 0) is 24.8 Å². The Morgan fingerprint density at radius 2 is 2.00 bits per heavy atom. The van der Waals surface area contributed by atoms with E-state index in [9.17, 15) is 14.5 Å². The summed E-state index contributed by atoms with van der Waals surface area (Å²) in [6.45, 7) is 0. The van der Waals surface area contributed by atoms with E-state index in [1.807, 2.05) is 0 Å². The van der Waals surface area contributed by atoms with Crippen LogP contribution in [0.1, 0.15) is 17.7 Å². The molecule has 1 aliphatic rings. The second-order valence-corrected chi connectivity index (χ2v) is 5.47. The molecule has 1 aliphatic carbocycles. The van der Waals surface area contributed by atoms with Crippen molar-refractivity contribution in [1.29, 1.82) is 0 Å². The molecule has 0 radical (unpaired) electrons. The van der Waals surface area contributed by atoms with Gasteiger partial charge in [0.2, 0.25) is 0 Å². The van der Waals surface area contributed by atoms with E-state index in [2.05, 4.69) is 10.2 Å². The molecule has 1 aromatic heterocycles. The number of nitrogens with zero attached hydrogens (tertiary/aromatic N) is 3. The first-order chi connectivity index (χ1) is 9.99. The minimum Gasteiger partial charge on any atom is -0.258 e. The summed E-state index contributed by atoms with van der Waals surface area (Å²) in [5.41, 5.74) is 1.27. The molecule has 0 atom stereocenters. The molecule has 2 aromatic rings. The molecule has 0 aliphatic heterocycles. The summed E-state index contributed by atoms with van der Waals surface area (Å²) in [6, 6.07) is 1.93. The fraction of sp³-hybridized carbons (Fsp3) is 0.231. The number of aromatic nitrogens is 2. The molecule has 0 bridgehead atoms. The predicted octanol–water partition coefficient (Wildman–Crippen LogP) is 3.99. The predicted molar refractivity (Wildman–Crippen MR) is 76.1 cm³/mol. The fourth-order valence-electron chi connectivity index (χ4n) is 2.40. The summed E-state index contributed by atoms with van der Waals surface area (Å²) in [5.74, 6) is -0.722. The van der Waals surface area contributed by atoms with Crippen LogP contribution >= 0.6 is 23.2 Å². The number of aryl methyl sites for hydroxylation is 1. The molecule has 8 heteroatoms. The second kappa shape index (κ2) is 5.20. The van der Waals surface area contributed by atoms with Gasteiger partial charge in [-0.2, -0.15) is 5.10 Å². The maximum atomic E-state index is 14.1. The lowest BCUT2D eigenvalue weighted by Crippen LogP contribution is -2.00. The first kappa shape index (κ1) is 14.2. The highest BCUT2D eigenvalue weighted by Crippen LogP contribution is 2.38. The van der Waals surface area contributed by atoms with Crippen molar-refractivity contribution >= 4 is 28.9 Å². The Morgan fingerprint density at radius 3 is 2.71 bits per heavy atom. The molecule has 0 unspecified atom stereocenters. The number of hydrogen-bond acceptors (Lipinski definition) is 4. The summed E-state index contributed by atoms with van der Waals surface area (Å²) < 4.78 is 14.1. The molecule has 0 amide bonds. The van der Waals surface area contributed by atoms with Gasteiger partial charge in [0, 0.05) is 17.7 Å². The van der Waals surface area contributed by atoms with Crippen LogP contribution < -0.4 is 0 Å². The molecule has 0 N–H and O–H groups in total. The van der Waals surface area contributed by atoms with Gasteiger partial charge >= 0.3 is 0 Å². The van der Waals surface area contributed by atoms with Gasteiger partial charge in [-0.3, -0.25) is 10.1 Å². The maximum Gasteiger partial charge on any atom is 0.288 e. The van der Waals surface area contributed by atoms with E-state index in [0.717, 1.165) is 42.7 Å². The topological polar surface area (TPSA) is 68.9 Å². The lowest BCUT2D eigenvalue weighted by molar-refractivity contribution is -0.384. The van der Waals surface area contributed by atoms with Crippen LogP contribution in [0.3, 0.4) is 0 Å². The summed E-state index contributed by atoms with van der Waals surface area (Å²) >= 11 is 11.9. The standard InChI is InChI=1S/C13H8Cl2FN3O2/c14-8-5-9(16)7(4-11(8)19(20)21)13-12(15)6-2-1-3-10(6)17-18-13/h4-5H,1-3H2. The minimum atomic E-state index is -0.722. The van der Waals surface area contributed by atoms with Gasteiger partial charge in [0.1, 0.15) is 16.5 Å². The Morgan fingerprint density at radius 1 is 1.24 bits per heavy atom. The van der Waals surface area contributed by atoms with Gasteiger partial charge in [0.05, 0.1) is 15.6 Å². The zero-order valence-corrected chi connectivity index (χ0v) is 12.1. The van der Waals surface area contributed by atoms with Crippen molar-refractivity contribution in [2.24, 2.45) is 0 Å². The quantitative estimate of drug-likeness (QED) is 0.617. The number of nitro groups is 1. The summed E-state index contributed by atoms with van der Waals surface area (Å²) in [4.78, 5) is 10.2. The maximum absolute atomic E-state index is 14.1. The summed E-state index contributed by atoms with van der Waals surface area (Å²) in [7, 11) is 0. The average molecular weight is 328 g/mol. The van der Waals surface area contributed by atoms with E-state index in [-0.39, 0.29) is 16.3 Å². The van der Waals surface area contributed by atoms with Crippen molar-refractivity contribution in [3.63, 3.8) is 0 Å². The number of halogens is 3. The molecule has 3 rings (SSSR count). The Kier molecular flexibility index (Phi) is 3.51. The van der Waals surface area contributed by atoms with Crippen molar-refractivity contribution in [2.75, 3.05) is 0 Å². The number of rotatable bonds is 2. The normalized spacial score (nSPS) is 13.3. The number of hydrogen-bond donors (Lipinski definition) is 0. The van der Waals surface area contributed by atoms with Crippen LogP contribution in [-0.2, 0) is 12.8 Å². The first-order valence-electron chi connectivity index (χ1n) is 6.16. The van der Waals surface area contributed by atoms with Gasteiger partial charge < -0.3 is 0 Å². The molecule has 0 spiro atoms. The highest BCUT2D eigenvalue weighted by atomic mass is 35.5. The molecule has 5 nitrogen and oxygen atoms in total. The zero-order valence-electron chi connectivity index (χ0n) is 10.6. The minimum absolute atomic E-state index is 0.0710. The molecule has 0 fully saturated rings. The Labute approximate surface area is 128 Å². The molecule has 21 heavy (non-hydrogen) atoms. The van der Waals surface area contributed by atoms with E-state index in [4.69, 9.17) is 23.2 Å². The Hall–Kier alpha value is -1.79. The van der Waals surface area contributed by atoms with Crippen LogP contribution in [0.25, 0.3) is 11.3 Å². The Bertz CT molecular complexity index is 768. The van der Waals surface area contributed by atoms with Crippen LogP contribution in [0.15, 0.2) is 12.1 Å². The Balaban J connectivity index is 2.22. The van der Waals surface area contributed by atoms with E-state index in [1.54, 1.807) is 0 Å². The van der Waals surface area contributed by atoms with Gasteiger partial charge in [-0.15, -0.1) is 5.10 Å². The van der Waals surface area contributed by atoms with Crippen molar-refractivity contribution in [3.05, 3.63) is 49.4 Å². The van der Waals surface area contributed by atoms with Crippen LogP contribution in [0.5, 0.6) is 0 Å². The smallest absolute Gasteiger partial charge is 0.258 e. The van der Waals surface area contributed by atoms with Crippen molar-refractivity contribution in [2.45, 2.75) is 19.3 Å². The number of benzene rings is 1. The van der Waals surface area contributed by atoms with Crippen molar-refractivity contribution in [3.8, 4) is 11.3 Å². The van der Waals surface area contributed by atoms with Crippen LogP contribution in [0.2, 0.25) is 10.0 Å². The average Bonchev–Trinajstić information content (AvgIpc) is 2.89. The molecule has 1 heterocycles. The van der Waals surface area contributed by atoms with Gasteiger partial charge in [0.25, 0.3) is 5.69 Å². The van der Waals surface area contributed by atoms with Crippen LogP contribution in [0.4, 0.5) is 10.1 Å². The second-order valence-electron chi connectivity index (χ2n) is 4.68. The van der Waals surface area contributed by atoms with Gasteiger partial charge in [-0.25, -0.2) is 4.39 Å². The lowest BCUT2D eigenvalue weighted by atomic mass is 10.1. The van der Waals surface area contributed by atoms with Gasteiger partial charge in [0.15, 0.2) is 0 Å². The van der Waals surface area contributed by atoms with Crippen molar-refractivity contribution < 1.29 is 9.31 Å². The largest absolute Gasteiger partial charge is 0.288 e. The van der Waals surface area contributed by atoms with E-state index in [1.165, 1.54) is 0 Å². The third-order valence-corrected chi connectivity index (χ3v) is 4.13. The molecular weight excluding hydrogens is 320 g/mol. The third-order valence-electron chi connectivity index (χ3n) is 3.42. The summed E-state index contributed by atoms with van der Waals surface area (Å²) in [6.07, 6.45) is 2.44. The number of nitro benzene ring substituents is 1. The molecule has 0 saturated carbocycles. The zero-order chi connectivity index (χ0) is 15.1. The van der Waals surface area contributed by atoms with Crippen molar-refractivity contribution in [1.82, 2.24) is 10.2 Å². The lowest BCUT2D eigenvalue weighted by Gasteiger charge is -2.08. The molecule has 1 aromatic carbocycles. The SMILES string of the molecule is O=[N+]([O-])c1cc(-c2nnc3c(c2Cl)CCC3)c(F)cc1Cl. The van der Waals surface area contributed by atoms with E-state index >= 15 is 0 Å². The first-order valence-corrected chi connectivity index (χ1v) is 6.92. The molecule has 0 saturated heterocycles. The third kappa shape index (κ3) is 2.34. The monoisotopic (exact) mass is 327 g/mol. The summed E-state index contributed by atoms with van der Waals surface area (Å²) in [5, 5.41) is 18.9. The molecule has 108 valence electrons. The van der Waals surface area contributed by atoms with E-state index < -0.39 is 16.4 Å². The van der Waals surface area contributed by atoms with Crippen LogP contribution in [0, 0.1) is 15.9 Å². The van der Waals surface area contributed by atoms with Crippen LogP contribution in [-0.4, -0.2) is 15.1 Å². The highest BCUT2D eigenvalue weighted by molar-refractivity contribution is 6.34. The van der Waals surface area contributed by atoms with E-state index in [0.29, 0.717) is 5.02 Å². The fourth-order valence-corrected chi connectivity index (χ4v) is 2.97. The molecular formula is C13H8Cl2FN3O2. The highest BCUT2D eigenvalue weighted by Gasteiger charge is 2.24. The number of fused-ring (bicyclic) bond motifs is 1.